The zero-order chi connectivity index (χ0) is 15.7. The number of amides is 2. The van der Waals surface area contributed by atoms with E-state index in [4.69, 9.17) is 0 Å². The number of nitrogens with one attached hydrogen (secondary N) is 1. The number of rotatable bonds is 2. The van der Waals surface area contributed by atoms with Gasteiger partial charge in [-0.15, -0.1) is 0 Å². The first kappa shape index (κ1) is 14.6. The standard InChI is InChI=1S/C14H21N7O/c1-4-15-14(22)20-7-5-19(6-8-20)12-10(2)11(3)18-13-16-9-17-21(12)13/h9H,4-8H2,1-3H3,(H,15,22). The Bertz CT molecular complexity index is 688. The molecule has 2 amide bonds. The normalized spacial score (nSPS) is 15.4. The molecule has 8 heteroatoms. The molecule has 0 atom stereocenters. The molecule has 1 aliphatic heterocycles. The van der Waals surface area contributed by atoms with Gasteiger partial charge in [-0.3, -0.25) is 0 Å². The highest BCUT2D eigenvalue weighted by molar-refractivity contribution is 5.74. The minimum atomic E-state index is 0.00989. The van der Waals surface area contributed by atoms with E-state index in [1.807, 2.05) is 18.7 Å². The Labute approximate surface area is 129 Å². The second-order valence-electron chi connectivity index (χ2n) is 5.43. The van der Waals surface area contributed by atoms with Gasteiger partial charge in [0.25, 0.3) is 5.78 Å². The van der Waals surface area contributed by atoms with Gasteiger partial charge in [0, 0.05) is 44.0 Å². The number of aryl methyl sites for hydroxylation is 1. The monoisotopic (exact) mass is 303 g/mol. The van der Waals surface area contributed by atoms with E-state index in [1.54, 1.807) is 4.52 Å². The molecule has 1 fully saturated rings. The average molecular weight is 303 g/mol. The van der Waals surface area contributed by atoms with Gasteiger partial charge >= 0.3 is 6.03 Å². The molecule has 0 bridgehead atoms. The highest BCUT2D eigenvalue weighted by Crippen LogP contribution is 2.23. The zero-order valence-corrected chi connectivity index (χ0v) is 13.2. The molecule has 0 spiro atoms. The summed E-state index contributed by atoms with van der Waals surface area (Å²) in [5, 5.41) is 7.13. The van der Waals surface area contributed by atoms with E-state index in [9.17, 15) is 4.79 Å². The molecule has 118 valence electrons. The van der Waals surface area contributed by atoms with Gasteiger partial charge in [0.1, 0.15) is 12.1 Å². The zero-order valence-electron chi connectivity index (χ0n) is 13.2. The van der Waals surface area contributed by atoms with Crippen molar-refractivity contribution in [2.75, 3.05) is 37.6 Å². The first-order chi connectivity index (χ1) is 10.6. The molecule has 3 heterocycles. The van der Waals surface area contributed by atoms with Crippen molar-refractivity contribution in [2.45, 2.75) is 20.8 Å². The molecule has 1 saturated heterocycles. The van der Waals surface area contributed by atoms with Crippen LogP contribution < -0.4 is 10.2 Å². The number of hydrogen-bond donors (Lipinski definition) is 1. The van der Waals surface area contributed by atoms with E-state index in [2.05, 4.69) is 32.2 Å². The van der Waals surface area contributed by atoms with Crippen LogP contribution in [-0.2, 0) is 0 Å². The van der Waals surface area contributed by atoms with Crippen molar-refractivity contribution in [1.82, 2.24) is 29.8 Å². The molecule has 2 aromatic heterocycles. The van der Waals surface area contributed by atoms with Gasteiger partial charge in [0.15, 0.2) is 0 Å². The molecule has 0 saturated carbocycles. The molecule has 2 aromatic rings. The summed E-state index contributed by atoms with van der Waals surface area (Å²) in [7, 11) is 0. The third-order valence-corrected chi connectivity index (χ3v) is 4.07. The van der Waals surface area contributed by atoms with Gasteiger partial charge in [-0.25, -0.2) is 9.78 Å². The molecule has 0 aromatic carbocycles. The van der Waals surface area contributed by atoms with Gasteiger partial charge in [0.2, 0.25) is 0 Å². The van der Waals surface area contributed by atoms with Gasteiger partial charge in [-0.2, -0.15) is 14.6 Å². The Morgan fingerprint density at radius 1 is 1.27 bits per heavy atom. The summed E-state index contributed by atoms with van der Waals surface area (Å²) in [6.07, 6.45) is 1.52. The summed E-state index contributed by atoms with van der Waals surface area (Å²) in [6.45, 7) is 9.56. The number of urea groups is 1. The van der Waals surface area contributed by atoms with Crippen molar-refractivity contribution in [3.63, 3.8) is 0 Å². The van der Waals surface area contributed by atoms with Gasteiger partial charge < -0.3 is 15.1 Å². The van der Waals surface area contributed by atoms with Crippen LogP contribution in [0.2, 0.25) is 0 Å². The average Bonchev–Trinajstić information content (AvgIpc) is 2.96. The number of aromatic nitrogens is 4. The van der Waals surface area contributed by atoms with Crippen LogP contribution in [0.5, 0.6) is 0 Å². The lowest BCUT2D eigenvalue weighted by molar-refractivity contribution is 0.195. The van der Waals surface area contributed by atoms with Crippen LogP contribution in [0.3, 0.4) is 0 Å². The van der Waals surface area contributed by atoms with E-state index in [-0.39, 0.29) is 6.03 Å². The fourth-order valence-electron chi connectivity index (χ4n) is 2.77. The maximum absolute atomic E-state index is 11.9. The van der Waals surface area contributed by atoms with Crippen LogP contribution in [0.15, 0.2) is 6.33 Å². The topological polar surface area (TPSA) is 78.7 Å². The highest BCUT2D eigenvalue weighted by atomic mass is 16.2. The number of fused-ring (bicyclic) bond motifs is 1. The lowest BCUT2D eigenvalue weighted by Gasteiger charge is -2.36. The first-order valence-corrected chi connectivity index (χ1v) is 7.56. The van der Waals surface area contributed by atoms with Crippen molar-refractivity contribution in [1.29, 1.82) is 0 Å². The quantitative estimate of drug-likeness (QED) is 0.878. The number of nitrogens with zero attached hydrogens (tertiary/aromatic N) is 6. The molecule has 1 aliphatic rings. The summed E-state index contributed by atoms with van der Waals surface area (Å²) in [6, 6.07) is 0.00989. The number of hydrogen-bond acceptors (Lipinski definition) is 5. The Morgan fingerprint density at radius 3 is 2.68 bits per heavy atom. The molecule has 8 nitrogen and oxygen atoms in total. The minimum Gasteiger partial charge on any atom is -0.353 e. The molecule has 0 radical (unpaired) electrons. The lowest BCUT2D eigenvalue weighted by Crippen LogP contribution is -2.52. The van der Waals surface area contributed by atoms with E-state index < -0.39 is 0 Å². The Kier molecular flexibility index (Phi) is 3.82. The molecule has 0 aliphatic carbocycles. The van der Waals surface area contributed by atoms with Crippen molar-refractivity contribution < 1.29 is 4.79 Å². The van der Waals surface area contributed by atoms with Crippen LogP contribution in [0, 0.1) is 13.8 Å². The molecular weight excluding hydrogens is 282 g/mol. The Morgan fingerprint density at radius 2 is 2.00 bits per heavy atom. The summed E-state index contributed by atoms with van der Waals surface area (Å²) in [4.78, 5) is 24.6. The number of piperazine rings is 1. The van der Waals surface area contributed by atoms with E-state index in [1.165, 1.54) is 6.33 Å². The lowest BCUT2D eigenvalue weighted by atomic mass is 10.2. The van der Waals surface area contributed by atoms with Crippen LogP contribution in [0.4, 0.5) is 10.6 Å². The van der Waals surface area contributed by atoms with Crippen molar-refractivity contribution in [2.24, 2.45) is 0 Å². The second kappa shape index (κ2) is 5.78. The van der Waals surface area contributed by atoms with Gasteiger partial charge in [-0.05, 0) is 20.8 Å². The SMILES string of the molecule is CCNC(=O)N1CCN(c2c(C)c(C)nc3ncnn23)CC1. The fraction of sp³-hybridized carbons (Fsp3) is 0.571. The van der Waals surface area contributed by atoms with Crippen LogP contribution in [-0.4, -0.2) is 63.2 Å². The summed E-state index contributed by atoms with van der Waals surface area (Å²) in [5.74, 6) is 1.64. The van der Waals surface area contributed by atoms with Crippen LogP contribution in [0.25, 0.3) is 5.78 Å². The van der Waals surface area contributed by atoms with Crippen LogP contribution >= 0.6 is 0 Å². The third kappa shape index (κ3) is 2.44. The third-order valence-electron chi connectivity index (χ3n) is 4.07. The predicted molar refractivity (Wildman–Crippen MR) is 83.1 cm³/mol. The van der Waals surface area contributed by atoms with Crippen molar-refractivity contribution in [3.8, 4) is 0 Å². The van der Waals surface area contributed by atoms with Crippen molar-refractivity contribution >= 4 is 17.6 Å². The number of anilines is 1. The molecule has 22 heavy (non-hydrogen) atoms. The number of carbonyl (C=O) groups excluding carboxylic acids is 1. The van der Waals surface area contributed by atoms with Crippen molar-refractivity contribution in [3.05, 3.63) is 17.6 Å². The predicted octanol–water partition coefficient (Wildman–Crippen LogP) is 0.593. The first-order valence-electron chi connectivity index (χ1n) is 7.56. The molecular formula is C14H21N7O. The van der Waals surface area contributed by atoms with E-state index in [0.29, 0.717) is 25.4 Å². The van der Waals surface area contributed by atoms with Gasteiger partial charge in [-0.1, -0.05) is 0 Å². The maximum Gasteiger partial charge on any atom is 0.317 e. The van der Waals surface area contributed by atoms with E-state index >= 15 is 0 Å². The largest absolute Gasteiger partial charge is 0.353 e. The smallest absolute Gasteiger partial charge is 0.317 e. The van der Waals surface area contributed by atoms with E-state index in [0.717, 1.165) is 30.2 Å². The maximum atomic E-state index is 11.9. The minimum absolute atomic E-state index is 0.00989. The Hall–Kier alpha value is -2.38. The summed E-state index contributed by atoms with van der Waals surface area (Å²) < 4.78 is 1.78. The molecule has 1 N–H and O–H groups in total. The Balaban J connectivity index is 1.83. The second-order valence-corrected chi connectivity index (χ2v) is 5.43. The highest BCUT2D eigenvalue weighted by Gasteiger charge is 2.24. The summed E-state index contributed by atoms with van der Waals surface area (Å²) in [5.41, 5.74) is 2.06. The molecule has 0 unspecified atom stereocenters. The van der Waals surface area contributed by atoms with Gasteiger partial charge in [0.05, 0.1) is 0 Å². The summed E-state index contributed by atoms with van der Waals surface area (Å²) >= 11 is 0. The van der Waals surface area contributed by atoms with Crippen LogP contribution in [0.1, 0.15) is 18.2 Å². The number of carbonyl (C=O) groups is 1. The fourth-order valence-corrected chi connectivity index (χ4v) is 2.77. The molecule has 3 rings (SSSR count).